The number of ether oxygens (including phenoxy) is 1. The molecule has 3 heterocycles. The lowest BCUT2D eigenvalue weighted by Crippen LogP contribution is -2.55. The maximum Gasteiger partial charge on any atom is 0.279 e. The first kappa shape index (κ1) is 33.0. The van der Waals surface area contributed by atoms with Crippen LogP contribution >= 0.6 is 22.7 Å². The summed E-state index contributed by atoms with van der Waals surface area (Å²) in [5, 5.41) is 10.0. The summed E-state index contributed by atoms with van der Waals surface area (Å²) >= 11 is 3.06. The highest BCUT2D eigenvalue weighted by molar-refractivity contribution is 7.13. The highest BCUT2D eigenvalue weighted by Crippen LogP contribution is 2.33. The van der Waals surface area contributed by atoms with Crippen LogP contribution in [0.15, 0.2) is 17.3 Å². The van der Waals surface area contributed by atoms with Crippen LogP contribution in [0.1, 0.15) is 89.5 Å². The molecule has 2 aliphatic rings. The standard InChI is InChI=1S/C23H35N3O3S.C9H12OS/c1-17-16-30-22(23(29)24-11-7-8-19-9-10-19)21(17)25-20(28)15-26(14-18(2)27)12-5-3-4-6-13-26;1-6-5-11-9(7(6)2)8(3)10-4/h16,19H,3-15H2,1-2H3,(H-,24,25,28,29);5H,3H2,1-2,4H3/p+1. The number of nitrogens with zero attached hydrogens (tertiary/aromatic N) is 1. The molecular weight excluding hydrogens is 555 g/mol. The fraction of sp³-hybridized carbons (Fsp3) is 0.594. The Kier molecular flexibility index (Phi) is 12.6. The molecule has 7 nitrogen and oxygen atoms in total. The summed E-state index contributed by atoms with van der Waals surface area (Å²) in [6.07, 6.45) is 9.27. The van der Waals surface area contributed by atoms with Crippen molar-refractivity contribution in [1.82, 2.24) is 5.32 Å². The molecule has 0 bridgehead atoms. The van der Waals surface area contributed by atoms with E-state index in [-0.39, 0.29) is 24.1 Å². The van der Waals surface area contributed by atoms with Gasteiger partial charge in [-0.2, -0.15) is 0 Å². The van der Waals surface area contributed by atoms with Gasteiger partial charge < -0.3 is 19.9 Å². The lowest BCUT2D eigenvalue weighted by molar-refractivity contribution is -0.912. The molecule has 2 aromatic rings. The molecule has 1 saturated heterocycles. The predicted molar refractivity (Wildman–Crippen MR) is 171 cm³/mol. The predicted octanol–water partition coefficient (Wildman–Crippen LogP) is 6.88. The van der Waals surface area contributed by atoms with E-state index in [1.165, 1.54) is 41.7 Å². The molecule has 0 unspecified atom stereocenters. The summed E-state index contributed by atoms with van der Waals surface area (Å²) in [5.74, 6) is 1.54. The number of rotatable bonds is 12. The van der Waals surface area contributed by atoms with E-state index in [0.29, 0.717) is 28.1 Å². The highest BCUT2D eigenvalue weighted by atomic mass is 32.1. The van der Waals surface area contributed by atoms with Gasteiger partial charge in [0.2, 0.25) is 0 Å². The smallest absolute Gasteiger partial charge is 0.279 e. The van der Waals surface area contributed by atoms with Crippen LogP contribution in [0.2, 0.25) is 0 Å². The summed E-state index contributed by atoms with van der Waals surface area (Å²) in [7, 11) is 1.65. The second kappa shape index (κ2) is 15.7. The number of anilines is 1. The largest absolute Gasteiger partial charge is 0.496 e. The van der Waals surface area contributed by atoms with E-state index in [4.69, 9.17) is 4.74 Å². The van der Waals surface area contributed by atoms with Gasteiger partial charge in [0.05, 0.1) is 30.8 Å². The number of amides is 2. The Bertz CT molecular complexity index is 1200. The van der Waals surface area contributed by atoms with Crippen LogP contribution in [0, 0.1) is 26.7 Å². The molecule has 2 amide bonds. The zero-order chi connectivity index (χ0) is 30.0. The van der Waals surface area contributed by atoms with Crippen LogP contribution in [0.4, 0.5) is 5.69 Å². The molecule has 1 saturated carbocycles. The second-order valence-corrected chi connectivity index (χ2v) is 13.5. The number of quaternary nitrogens is 1. The van der Waals surface area contributed by atoms with Crippen molar-refractivity contribution in [3.8, 4) is 0 Å². The first-order valence-corrected chi connectivity index (χ1v) is 16.6. The zero-order valence-corrected chi connectivity index (χ0v) is 27.2. The molecule has 9 heteroatoms. The number of thiophene rings is 2. The number of nitrogens with one attached hydrogen (secondary N) is 2. The maximum absolute atomic E-state index is 13.0. The molecule has 41 heavy (non-hydrogen) atoms. The van der Waals surface area contributed by atoms with Crippen molar-refractivity contribution in [3.05, 3.63) is 43.8 Å². The average molecular weight is 603 g/mol. The Morgan fingerprint density at radius 3 is 2.17 bits per heavy atom. The SMILES string of the molecule is C=C(OC)c1scc(C)c1C.CC(=O)C[N+]1(CC(=O)Nc2c(C)csc2C(=O)NCCCC2CC2)CCCCCC1. The van der Waals surface area contributed by atoms with Crippen molar-refractivity contribution in [2.45, 2.75) is 79.1 Å². The van der Waals surface area contributed by atoms with Crippen molar-refractivity contribution in [3.63, 3.8) is 0 Å². The third-order valence-corrected chi connectivity index (χ3v) is 10.4. The summed E-state index contributed by atoms with van der Waals surface area (Å²) in [5.41, 5.74) is 4.12. The number of methoxy groups -OCH3 is 1. The van der Waals surface area contributed by atoms with Gasteiger partial charge in [-0.05, 0) is 92.7 Å². The molecule has 2 N–H and O–H groups in total. The number of aryl methyl sites for hydroxylation is 2. The summed E-state index contributed by atoms with van der Waals surface area (Å²) < 4.78 is 5.58. The van der Waals surface area contributed by atoms with Crippen molar-refractivity contribution in [1.29, 1.82) is 0 Å². The van der Waals surface area contributed by atoms with E-state index >= 15 is 0 Å². The van der Waals surface area contributed by atoms with Gasteiger partial charge in [-0.1, -0.05) is 19.4 Å². The molecule has 226 valence electrons. The van der Waals surface area contributed by atoms with Crippen molar-refractivity contribution in [2.24, 2.45) is 5.92 Å². The monoisotopic (exact) mass is 602 g/mol. The van der Waals surface area contributed by atoms with E-state index < -0.39 is 0 Å². The Labute approximate surface area is 254 Å². The normalized spacial score (nSPS) is 16.1. The molecule has 1 aliphatic carbocycles. The minimum Gasteiger partial charge on any atom is -0.496 e. The molecule has 0 atom stereocenters. The van der Waals surface area contributed by atoms with Crippen molar-refractivity contribution in [2.75, 3.05) is 45.2 Å². The number of Topliss-reactive ketones (excluding diaryl/α,β-unsaturated/α-hetero) is 1. The molecule has 0 spiro atoms. The Morgan fingerprint density at radius 1 is 0.976 bits per heavy atom. The van der Waals surface area contributed by atoms with Gasteiger partial charge in [-0.3, -0.25) is 14.4 Å². The zero-order valence-electron chi connectivity index (χ0n) is 25.5. The van der Waals surface area contributed by atoms with Gasteiger partial charge in [0.15, 0.2) is 12.3 Å². The Balaban J connectivity index is 0.000000352. The van der Waals surface area contributed by atoms with Crippen LogP contribution < -0.4 is 10.6 Å². The quantitative estimate of drug-likeness (QED) is 0.158. The fourth-order valence-corrected chi connectivity index (χ4v) is 7.35. The first-order chi connectivity index (χ1) is 19.5. The number of ketones is 1. The summed E-state index contributed by atoms with van der Waals surface area (Å²) in [6, 6.07) is 0. The third kappa shape index (κ3) is 10.1. The number of carbonyl (C=O) groups is 3. The van der Waals surface area contributed by atoms with Gasteiger partial charge in [-0.15, -0.1) is 22.7 Å². The third-order valence-electron chi connectivity index (χ3n) is 8.05. The van der Waals surface area contributed by atoms with E-state index in [0.717, 1.165) is 67.3 Å². The van der Waals surface area contributed by atoms with Gasteiger partial charge in [0, 0.05) is 13.5 Å². The Hall–Kier alpha value is -2.49. The minimum absolute atomic E-state index is 0.109. The maximum atomic E-state index is 13.0. The Morgan fingerprint density at radius 2 is 1.61 bits per heavy atom. The number of hydrogen-bond donors (Lipinski definition) is 2. The lowest BCUT2D eigenvalue weighted by Gasteiger charge is -2.36. The van der Waals surface area contributed by atoms with E-state index in [2.05, 4.69) is 36.4 Å². The van der Waals surface area contributed by atoms with Crippen LogP contribution in [0.25, 0.3) is 5.76 Å². The van der Waals surface area contributed by atoms with E-state index in [1.807, 2.05) is 12.3 Å². The number of carbonyl (C=O) groups excluding carboxylic acids is 3. The molecule has 1 aliphatic heterocycles. The fourth-order valence-electron chi connectivity index (χ4n) is 5.40. The van der Waals surface area contributed by atoms with Gasteiger partial charge >= 0.3 is 0 Å². The second-order valence-electron chi connectivity index (χ2n) is 11.7. The minimum atomic E-state index is -0.110. The van der Waals surface area contributed by atoms with Crippen LogP contribution in [0.5, 0.6) is 0 Å². The van der Waals surface area contributed by atoms with E-state index in [1.54, 1.807) is 25.4 Å². The molecule has 0 radical (unpaired) electrons. The van der Waals surface area contributed by atoms with Gasteiger partial charge in [0.25, 0.3) is 11.8 Å². The highest BCUT2D eigenvalue weighted by Gasteiger charge is 2.33. The summed E-state index contributed by atoms with van der Waals surface area (Å²) in [6.45, 7) is 14.6. The summed E-state index contributed by atoms with van der Waals surface area (Å²) in [4.78, 5) is 39.3. The van der Waals surface area contributed by atoms with Gasteiger partial charge in [0.1, 0.15) is 17.2 Å². The first-order valence-electron chi connectivity index (χ1n) is 14.8. The van der Waals surface area contributed by atoms with Gasteiger partial charge in [-0.25, -0.2) is 0 Å². The number of likely N-dealkylation sites (tertiary alicyclic amines) is 1. The number of hydrogen-bond acceptors (Lipinski definition) is 6. The molecule has 0 aromatic carbocycles. The lowest BCUT2D eigenvalue weighted by atomic mass is 10.2. The molecule has 2 aromatic heterocycles. The molecule has 4 rings (SSSR count). The molecular formula is C32H48N3O4S2+. The van der Waals surface area contributed by atoms with Crippen molar-refractivity contribution < 1.29 is 23.6 Å². The topological polar surface area (TPSA) is 84.5 Å². The average Bonchev–Trinajstić information content (AvgIpc) is 3.65. The van der Waals surface area contributed by atoms with Crippen LogP contribution in [0.3, 0.4) is 0 Å². The van der Waals surface area contributed by atoms with Crippen LogP contribution in [-0.4, -0.2) is 61.9 Å². The van der Waals surface area contributed by atoms with Crippen LogP contribution in [-0.2, 0) is 14.3 Å². The molecule has 2 fully saturated rings. The van der Waals surface area contributed by atoms with E-state index in [9.17, 15) is 14.4 Å². The van der Waals surface area contributed by atoms with Crippen molar-refractivity contribution >= 4 is 51.7 Å².